The number of Topliss-reactive ketones (excluding diaryl/α,β-unsaturated/α-hetero) is 1. The number of amides is 1. The lowest BCUT2D eigenvalue weighted by atomic mass is 10.3. The smallest absolute Gasteiger partial charge is 0.216 e. The maximum Gasteiger partial charge on any atom is 0.216 e. The molecule has 0 aromatic carbocycles. The molecular weight excluding hydrogens is 293 g/mol. The van der Waals surface area contributed by atoms with Gasteiger partial charge in [-0.25, -0.2) is 4.39 Å². The maximum absolute atomic E-state index is 13.1. The second-order valence-corrected chi connectivity index (χ2v) is 4.17. The van der Waals surface area contributed by atoms with Crippen molar-refractivity contribution in [1.29, 1.82) is 0 Å². The fraction of sp³-hybridized carbons (Fsp3) is 0.867. The third-order valence-electron chi connectivity index (χ3n) is 2.27. The summed E-state index contributed by atoms with van der Waals surface area (Å²) in [4.78, 5) is 21.4. The van der Waals surface area contributed by atoms with Crippen LogP contribution in [0.15, 0.2) is 0 Å². The van der Waals surface area contributed by atoms with Crippen molar-refractivity contribution < 1.29 is 28.2 Å². The lowest BCUT2D eigenvalue weighted by Gasteiger charge is -2.10. The van der Waals surface area contributed by atoms with Crippen molar-refractivity contribution in [2.45, 2.75) is 40.3 Å². The second-order valence-electron chi connectivity index (χ2n) is 4.17. The van der Waals surface area contributed by atoms with E-state index < -0.39 is 6.17 Å². The topological polar surface area (TPSA) is 73.9 Å². The molecule has 0 bridgehead atoms. The third-order valence-corrected chi connectivity index (χ3v) is 2.27. The van der Waals surface area contributed by atoms with E-state index in [-0.39, 0.29) is 38.1 Å². The molecule has 0 aromatic heterocycles. The van der Waals surface area contributed by atoms with Crippen molar-refractivity contribution in [3.05, 3.63) is 0 Å². The number of carbonyl (C=O) groups is 2. The predicted octanol–water partition coefficient (Wildman–Crippen LogP) is 1.52. The van der Waals surface area contributed by atoms with Crippen molar-refractivity contribution in [2.75, 3.05) is 46.2 Å². The summed E-state index contributed by atoms with van der Waals surface area (Å²) in [6.07, 6.45) is -0.750. The summed E-state index contributed by atoms with van der Waals surface area (Å²) in [5.74, 6) is -0.209. The van der Waals surface area contributed by atoms with Crippen LogP contribution in [0, 0.1) is 0 Å². The van der Waals surface area contributed by atoms with E-state index in [0.717, 1.165) is 0 Å². The molecule has 0 rings (SSSR count). The number of hydrogen-bond donors (Lipinski definition) is 1. The fourth-order valence-electron chi connectivity index (χ4n) is 1.15. The maximum atomic E-state index is 13.1. The Bertz CT molecular complexity index is 277. The van der Waals surface area contributed by atoms with Crippen molar-refractivity contribution in [3.63, 3.8) is 0 Å². The molecule has 0 fully saturated rings. The SMILES string of the molecule is CC.CCC(=O)COCCOCCOCC(F)CNC(C)=O. The molecule has 1 N–H and O–H groups in total. The van der Waals surface area contributed by atoms with E-state index in [1.807, 2.05) is 13.8 Å². The van der Waals surface area contributed by atoms with Crippen molar-refractivity contribution in [1.82, 2.24) is 5.32 Å². The van der Waals surface area contributed by atoms with Crippen molar-refractivity contribution in [3.8, 4) is 0 Å². The highest BCUT2D eigenvalue weighted by molar-refractivity contribution is 5.79. The van der Waals surface area contributed by atoms with Gasteiger partial charge in [-0.3, -0.25) is 9.59 Å². The zero-order valence-electron chi connectivity index (χ0n) is 14.2. The quantitative estimate of drug-likeness (QED) is 0.520. The summed E-state index contributed by atoms with van der Waals surface area (Å²) in [5, 5.41) is 2.37. The molecule has 0 spiro atoms. The van der Waals surface area contributed by atoms with Gasteiger partial charge >= 0.3 is 0 Å². The average Bonchev–Trinajstić information content (AvgIpc) is 2.52. The highest BCUT2D eigenvalue weighted by atomic mass is 19.1. The first-order valence-corrected chi connectivity index (χ1v) is 7.69. The Hall–Kier alpha value is -1.05. The van der Waals surface area contributed by atoms with Crippen molar-refractivity contribution in [2.24, 2.45) is 0 Å². The third kappa shape index (κ3) is 18.9. The van der Waals surface area contributed by atoms with Gasteiger partial charge in [0.05, 0.1) is 39.6 Å². The number of carbonyl (C=O) groups excluding carboxylic acids is 2. The highest BCUT2D eigenvalue weighted by Crippen LogP contribution is 1.91. The van der Waals surface area contributed by atoms with Crippen LogP contribution >= 0.6 is 0 Å². The van der Waals surface area contributed by atoms with Crippen LogP contribution in [-0.2, 0) is 23.8 Å². The lowest BCUT2D eigenvalue weighted by Crippen LogP contribution is -2.30. The molecule has 7 heteroatoms. The molecular formula is C15H30FNO5. The van der Waals surface area contributed by atoms with Gasteiger partial charge in [0.2, 0.25) is 5.91 Å². The Kier molecular flexibility index (Phi) is 19.0. The van der Waals surface area contributed by atoms with Gasteiger partial charge in [0.1, 0.15) is 12.8 Å². The molecule has 0 aliphatic rings. The Morgan fingerprint density at radius 3 is 2.14 bits per heavy atom. The van der Waals surface area contributed by atoms with Crippen LogP contribution in [0.4, 0.5) is 4.39 Å². The first kappa shape index (κ1) is 23.2. The van der Waals surface area contributed by atoms with Gasteiger partial charge in [-0.1, -0.05) is 20.8 Å². The lowest BCUT2D eigenvalue weighted by molar-refractivity contribution is -0.124. The van der Waals surface area contributed by atoms with E-state index in [1.54, 1.807) is 6.92 Å². The summed E-state index contributed by atoms with van der Waals surface area (Å²) < 4.78 is 28.4. The molecule has 132 valence electrons. The van der Waals surface area contributed by atoms with Crippen molar-refractivity contribution >= 4 is 11.7 Å². The van der Waals surface area contributed by atoms with E-state index in [1.165, 1.54) is 6.92 Å². The summed E-state index contributed by atoms with van der Waals surface area (Å²) in [5.41, 5.74) is 0. The number of ketones is 1. The summed E-state index contributed by atoms with van der Waals surface area (Å²) in [7, 11) is 0. The molecule has 1 unspecified atom stereocenters. The zero-order valence-corrected chi connectivity index (χ0v) is 14.2. The molecule has 0 aliphatic heterocycles. The molecule has 0 heterocycles. The molecule has 1 amide bonds. The zero-order chi connectivity index (χ0) is 17.2. The number of hydrogen-bond acceptors (Lipinski definition) is 5. The van der Waals surface area contributed by atoms with Crippen LogP contribution in [0.5, 0.6) is 0 Å². The van der Waals surface area contributed by atoms with Gasteiger partial charge in [-0.05, 0) is 0 Å². The van der Waals surface area contributed by atoms with E-state index in [9.17, 15) is 14.0 Å². The Labute approximate surface area is 132 Å². The number of nitrogens with one attached hydrogen (secondary N) is 1. The van der Waals surface area contributed by atoms with Gasteiger partial charge in [0.15, 0.2) is 5.78 Å². The van der Waals surface area contributed by atoms with E-state index >= 15 is 0 Å². The molecule has 0 saturated carbocycles. The van der Waals surface area contributed by atoms with Crippen LogP contribution in [0.3, 0.4) is 0 Å². The first-order valence-electron chi connectivity index (χ1n) is 7.69. The molecule has 0 aliphatic carbocycles. The summed E-state index contributed by atoms with van der Waals surface area (Å²) in [6.45, 7) is 8.42. The van der Waals surface area contributed by atoms with Crippen LogP contribution < -0.4 is 5.32 Å². The van der Waals surface area contributed by atoms with Crippen LogP contribution in [0.25, 0.3) is 0 Å². The van der Waals surface area contributed by atoms with Crippen LogP contribution in [-0.4, -0.2) is 64.0 Å². The van der Waals surface area contributed by atoms with E-state index in [4.69, 9.17) is 14.2 Å². The summed E-state index contributed by atoms with van der Waals surface area (Å²) >= 11 is 0. The van der Waals surface area contributed by atoms with Gasteiger partial charge < -0.3 is 19.5 Å². The summed E-state index contributed by atoms with van der Waals surface area (Å²) in [6, 6.07) is 0. The minimum atomic E-state index is -1.22. The van der Waals surface area contributed by atoms with Gasteiger partial charge in [-0.2, -0.15) is 0 Å². The van der Waals surface area contributed by atoms with E-state index in [0.29, 0.717) is 26.2 Å². The minimum absolute atomic E-state index is 0.0461. The monoisotopic (exact) mass is 323 g/mol. The van der Waals surface area contributed by atoms with Gasteiger partial charge in [0.25, 0.3) is 0 Å². The normalized spacial score (nSPS) is 11.3. The molecule has 0 radical (unpaired) electrons. The molecule has 22 heavy (non-hydrogen) atoms. The Morgan fingerprint density at radius 1 is 1.05 bits per heavy atom. The predicted molar refractivity (Wildman–Crippen MR) is 82.7 cm³/mol. The van der Waals surface area contributed by atoms with Gasteiger partial charge in [-0.15, -0.1) is 0 Å². The fourth-order valence-corrected chi connectivity index (χ4v) is 1.15. The number of halogens is 1. The molecule has 1 atom stereocenters. The standard InChI is InChI=1S/C13H24FNO5.C2H6/c1-3-13(17)10-20-7-5-18-4-6-19-9-12(14)8-15-11(2)16;1-2/h12H,3-10H2,1-2H3,(H,15,16);1-2H3. The molecule has 6 nitrogen and oxygen atoms in total. The van der Waals surface area contributed by atoms with Gasteiger partial charge in [0, 0.05) is 13.3 Å². The van der Waals surface area contributed by atoms with Crippen LogP contribution in [0.2, 0.25) is 0 Å². The van der Waals surface area contributed by atoms with E-state index in [2.05, 4.69) is 5.32 Å². The minimum Gasteiger partial charge on any atom is -0.377 e. The largest absolute Gasteiger partial charge is 0.377 e. The Morgan fingerprint density at radius 2 is 1.59 bits per heavy atom. The molecule has 0 saturated heterocycles. The average molecular weight is 323 g/mol. The second kappa shape index (κ2) is 18.0. The first-order chi connectivity index (χ1) is 10.6. The number of rotatable bonds is 13. The number of alkyl halides is 1. The highest BCUT2D eigenvalue weighted by Gasteiger charge is 2.06. The number of ether oxygens (including phenoxy) is 3. The Balaban J connectivity index is 0. The van der Waals surface area contributed by atoms with Crippen LogP contribution in [0.1, 0.15) is 34.1 Å². The molecule has 0 aromatic rings.